The van der Waals surface area contributed by atoms with Gasteiger partial charge in [-0.3, -0.25) is 14.9 Å². The van der Waals surface area contributed by atoms with Crippen molar-refractivity contribution in [2.24, 2.45) is 5.73 Å². The summed E-state index contributed by atoms with van der Waals surface area (Å²) < 4.78 is 18.3. The maximum Gasteiger partial charge on any atom is 0.292 e. The van der Waals surface area contributed by atoms with Gasteiger partial charge in [0.1, 0.15) is 17.0 Å². The fraction of sp³-hybridized carbons (Fsp3) is 0.417. The van der Waals surface area contributed by atoms with Gasteiger partial charge in [0.25, 0.3) is 5.69 Å². The first-order valence-corrected chi connectivity index (χ1v) is 6.04. The molecule has 2 rings (SSSR count). The topological polar surface area (TPSA) is 107 Å². The summed E-state index contributed by atoms with van der Waals surface area (Å²) in [6.07, 6.45) is 0.615. The second-order valence-electron chi connectivity index (χ2n) is 4.64. The Labute approximate surface area is 114 Å². The van der Waals surface area contributed by atoms with Crippen LogP contribution in [-0.4, -0.2) is 29.6 Å². The summed E-state index contributed by atoms with van der Waals surface area (Å²) in [5, 5.41) is 13.2. The number of nitro groups is 1. The van der Waals surface area contributed by atoms with E-state index in [2.05, 4.69) is 5.32 Å². The van der Waals surface area contributed by atoms with E-state index in [4.69, 9.17) is 10.5 Å². The monoisotopic (exact) mass is 283 g/mol. The van der Waals surface area contributed by atoms with E-state index in [1.54, 1.807) is 0 Å². The summed E-state index contributed by atoms with van der Waals surface area (Å²) in [5.74, 6) is -1.25. The molecular formula is C12H14FN3O4. The SMILES string of the molecule is NC1(C(=O)Nc2cc(F)ccc2[N+](=O)[O-])CCOCC1. The molecule has 20 heavy (non-hydrogen) atoms. The van der Waals surface area contributed by atoms with Crippen LogP contribution in [0.3, 0.4) is 0 Å². The predicted octanol–water partition coefficient (Wildman–Crippen LogP) is 1.18. The Morgan fingerprint density at radius 3 is 2.70 bits per heavy atom. The van der Waals surface area contributed by atoms with Crippen LogP contribution in [0.5, 0.6) is 0 Å². The summed E-state index contributed by atoms with van der Waals surface area (Å²) in [6.45, 7) is 0.685. The van der Waals surface area contributed by atoms with Gasteiger partial charge in [-0.1, -0.05) is 0 Å². The van der Waals surface area contributed by atoms with Crippen LogP contribution in [-0.2, 0) is 9.53 Å². The van der Waals surface area contributed by atoms with Gasteiger partial charge < -0.3 is 15.8 Å². The minimum absolute atomic E-state index is 0.198. The first-order valence-electron chi connectivity index (χ1n) is 6.04. The molecule has 108 valence electrons. The molecule has 1 heterocycles. The molecule has 0 atom stereocenters. The van der Waals surface area contributed by atoms with Crippen molar-refractivity contribution in [2.75, 3.05) is 18.5 Å². The molecule has 1 aliphatic rings. The number of nitro benzene ring substituents is 1. The lowest BCUT2D eigenvalue weighted by molar-refractivity contribution is -0.384. The maximum atomic E-state index is 13.2. The zero-order valence-corrected chi connectivity index (χ0v) is 10.6. The molecule has 0 bridgehead atoms. The minimum atomic E-state index is -1.15. The zero-order chi connectivity index (χ0) is 14.8. The normalized spacial score (nSPS) is 17.5. The number of ether oxygens (including phenoxy) is 1. The van der Waals surface area contributed by atoms with Crippen molar-refractivity contribution in [3.63, 3.8) is 0 Å². The third kappa shape index (κ3) is 2.91. The average Bonchev–Trinajstić information content (AvgIpc) is 2.39. The lowest BCUT2D eigenvalue weighted by Crippen LogP contribution is -2.54. The molecule has 7 nitrogen and oxygen atoms in total. The smallest absolute Gasteiger partial charge is 0.292 e. The number of anilines is 1. The number of nitrogens with zero attached hydrogens (tertiary/aromatic N) is 1. The second-order valence-corrected chi connectivity index (χ2v) is 4.64. The Hall–Kier alpha value is -2.06. The van der Waals surface area contributed by atoms with Gasteiger partial charge in [0, 0.05) is 25.3 Å². The molecule has 1 fully saturated rings. The molecule has 8 heteroatoms. The molecule has 0 spiro atoms. The standard InChI is InChI=1S/C12H14FN3O4/c13-8-1-2-10(16(18)19)9(7-8)15-11(17)12(14)3-5-20-6-4-12/h1-2,7H,3-6,14H2,(H,15,17). The van der Waals surface area contributed by atoms with Crippen molar-refractivity contribution in [3.05, 3.63) is 34.1 Å². The summed E-state index contributed by atoms with van der Waals surface area (Å²) in [4.78, 5) is 22.3. The highest BCUT2D eigenvalue weighted by Gasteiger charge is 2.36. The lowest BCUT2D eigenvalue weighted by Gasteiger charge is -2.31. The summed E-state index contributed by atoms with van der Waals surface area (Å²) >= 11 is 0. The van der Waals surface area contributed by atoms with Gasteiger partial charge in [-0.2, -0.15) is 0 Å². The van der Waals surface area contributed by atoms with Crippen molar-refractivity contribution in [1.29, 1.82) is 0 Å². The molecule has 0 radical (unpaired) electrons. The van der Waals surface area contributed by atoms with Crippen molar-refractivity contribution < 1.29 is 18.8 Å². The highest BCUT2D eigenvalue weighted by atomic mass is 19.1. The van der Waals surface area contributed by atoms with Gasteiger partial charge in [0.2, 0.25) is 5.91 Å². The van der Waals surface area contributed by atoms with Gasteiger partial charge in [-0.05, 0) is 18.9 Å². The molecule has 1 amide bonds. The van der Waals surface area contributed by atoms with Crippen LogP contribution in [0, 0.1) is 15.9 Å². The van der Waals surface area contributed by atoms with Gasteiger partial charge in [-0.25, -0.2) is 4.39 Å². The molecule has 1 aliphatic heterocycles. The van der Waals surface area contributed by atoms with Crippen LogP contribution in [0.25, 0.3) is 0 Å². The molecule has 0 aliphatic carbocycles. The van der Waals surface area contributed by atoms with E-state index in [0.717, 1.165) is 18.2 Å². The highest BCUT2D eigenvalue weighted by molar-refractivity contribution is 5.99. The number of hydrogen-bond acceptors (Lipinski definition) is 5. The van der Waals surface area contributed by atoms with E-state index >= 15 is 0 Å². The molecule has 0 unspecified atom stereocenters. The van der Waals surface area contributed by atoms with Gasteiger partial charge in [-0.15, -0.1) is 0 Å². The minimum Gasteiger partial charge on any atom is -0.381 e. The van der Waals surface area contributed by atoms with Gasteiger partial charge in [0.05, 0.1) is 4.92 Å². The number of amides is 1. The van der Waals surface area contributed by atoms with Crippen molar-refractivity contribution in [3.8, 4) is 0 Å². The lowest BCUT2D eigenvalue weighted by atomic mass is 9.90. The molecule has 0 saturated carbocycles. The third-order valence-electron chi connectivity index (χ3n) is 3.24. The second kappa shape index (κ2) is 5.51. The first kappa shape index (κ1) is 14.4. The fourth-order valence-corrected chi connectivity index (χ4v) is 1.98. The van der Waals surface area contributed by atoms with Gasteiger partial charge >= 0.3 is 0 Å². The summed E-state index contributed by atoms with van der Waals surface area (Å²) in [6, 6.07) is 2.86. The Morgan fingerprint density at radius 1 is 1.45 bits per heavy atom. The fourth-order valence-electron chi connectivity index (χ4n) is 1.98. The van der Waals surface area contributed by atoms with Crippen molar-refractivity contribution in [2.45, 2.75) is 18.4 Å². The number of carbonyl (C=O) groups is 1. The number of carbonyl (C=O) groups excluding carboxylic acids is 1. The Morgan fingerprint density at radius 2 is 2.10 bits per heavy atom. The quantitative estimate of drug-likeness (QED) is 0.639. The van der Waals surface area contributed by atoms with E-state index < -0.39 is 22.2 Å². The van der Waals surface area contributed by atoms with Gasteiger partial charge in [0.15, 0.2) is 0 Å². The first-order chi connectivity index (χ1) is 9.42. The number of halogens is 1. The molecule has 1 saturated heterocycles. The van der Waals surface area contributed by atoms with E-state index in [1.807, 2.05) is 0 Å². The summed E-state index contributed by atoms with van der Waals surface area (Å²) in [7, 11) is 0. The van der Waals surface area contributed by atoms with E-state index in [1.165, 1.54) is 0 Å². The van der Waals surface area contributed by atoms with Crippen LogP contribution in [0.2, 0.25) is 0 Å². The van der Waals surface area contributed by atoms with Crippen LogP contribution >= 0.6 is 0 Å². The average molecular weight is 283 g/mol. The Balaban J connectivity index is 2.23. The molecule has 0 aromatic heterocycles. The zero-order valence-electron chi connectivity index (χ0n) is 10.6. The van der Waals surface area contributed by atoms with E-state index in [9.17, 15) is 19.3 Å². The third-order valence-corrected chi connectivity index (χ3v) is 3.24. The number of benzene rings is 1. The predicted molar refractivity (Wildman–Crippen MR) is 68.7 cm³/mol. The highest BCUT2D eigenvalue weighted by Crippen LogP contribution is 2.27. The van der Waals surface area contributed by atoms with Crippen molar-refractivity contribution >= 4 is 17.3 Å². The maximum absolute atomic E-state index is 13.2. The summed E-state index contributed by atoms with van der Waals surface area (Å²) in [5.41, 5.74) is 4.23. The van der Waals surface area contributed by atoms with E-state index in [0.29, 0.717) is 26.1 Å². The number of nitrogens with one attached hydrogen (secondary N) is 1. The number of rotatable bonds is 3. The largest absolute Gasteiger partial charge is 0.381 e. The van der Waals surface area contributed by atoms with E-state index in [-0.39, 0.29) is 11.4 Å². The number of nitrogens with two attached hydrogens (primary N) is 1. The molecule has 1 aromatic rings. The van der Waals surface area contributed by atoms with Crippen molar-refractivity contribution in [1.82, 2.24) is 0 Å². The Bertz CT molecular complexity index is 544. The van der Waals surface area contributed by atoms with Crippen LogP contribution in [0.15, 0.2) is 18.2 Å². The Kier molecular flexibility index (Phi) is 3.96. The molecule has 1 aromatic carbocycles. The van der Waals surface area contributed by atoms with Crippen LogP contribution in [0.1, 0.15) is 12.8 Å². The van der Waals surface area contributed by atoms with Crippen LogP contribution < -0.4 is 11.1 Å². The molecular weight excluding hydrogens is 269 g/mol. The number of hydrogen-bond donors (Lipinski definition) is 2. The molecule has 3 N–H and O–H groups in total. The van der Waals surface area contributed by atoms with Crippen LogP contribution in [0.4, 0.5) is 15.8 Å².